The number of nitro benzene ring substituents is 1. The summed E-state index contributed by atoms with van der Waals surface area (Å²) in [4.78, 5) is 23.2. The zero-order chi connectivity index (χ0) is 22.2. The topological polar surface area (TPSA) is 110 Å². The summed E-state index contributed by atoms with van der Waals surface area (Å²) in [5.41, 5.74) is 1.23. The first-order valence-electron chi connectivity index (χ1n) is 9.22. The average Bonchev–Trinajstić information content (AvgIpc) is 3.28. The number of anilines is 2. The summed E-state index contributed by atoms with van der Waals surface area (Å²) >= 11 is 7.06. The number of nitrogens with one attached hydrogen (secondary N) is 1. The predicted octanol–water partition coefficient (Wildman–Crippen LogP) is 4.70. The van der Waals surface area contributed by atoms with Crippen LogP contribution in [0.2, 0.25) is 5.02 Å². The van der Waals surface area contributed by atoms with E-state index in [0.717, 1.165) is 16.9 Å². The first-order chi connectivity index (χ1) is 14.8. The van der Waals surface area contributed by atoms with Gasteiger partial charge >= 0.3 is 0 Å². The van der Waals surface area contributed by atoms with Crippen LogP contribution in [0.15, 0.2) is 58.1 Å². The lowest BCUT2D eigenvalue weighted by molar-refractivity contribution is -0.385. The lowest BCUT2D eigenvalue weighted by Crippen LogP contribution is -2.35. The highest BCUT2D eigenvalue weighted by Crippen LogP contribution is 2.35. The van der Waals surface area contributed by atoms with Crippen molar-refractivity contribution in [2.75, 3.05) is 16.2 Å². The van der Waals surface area contributed by atoms with Gasteiger partial charge in [-0.05, 0) is 60.2 Å². The zero-order valence-electron chi connectivity index (χ0n) is 15.9. The highest BCUT2D eigenvalue weighted by molar-refractivity contribution is 7.94. The number of amides is 1. The number of carbonyl (C=O) groups excluding carboxylic acids is 1. The molecule has 31 heavy (non-hydrogen) atoms. The van der Waals surface area contributed by atoms with E-state index < -0.39 is 20.9 Å². The quantitative estimate of drug-likeness (QED) is 0.423. The van der Waals surface area contributed by atoms with Crippen molar-refractivity contribution in [3.05, 3.63) is 80.2 Å². The molecule has 1 aromatic heterocycles. The van der Waals surface area contributed by atoms with Gasteiger partial charge < -0.3 is 5.32 Å². The molecule has 1 N–H and O–H groups in total. The molecule has 11 heteroatoms. The first kappa shape index (κ1) is 21.3. The number of hydrogen-bond acceptors (Lipinski definition) is 6. The molecule has 3 aromatic rings. The van der Waals surface area contributed by atoms with Crippen LogP contribution in [0.25, 0.3) is 0 Å². The Morgan fingerprint density at radius 2 is 2.00 bits per heavy atom. The van der Waals surface area contributed by atoms with Gasteiger partial charge in [0, 0.05) is 23.3 Å². The third-order valence-corrected chi connectivity index (χ3v) is 8.27. The van der Waals surface area contributed by atoms with Crippen molar-refractivity contribution in [2.45, 2.75) is 17.1 Å². The molecule has 0 atom stereocenters. The van der Waals surface area contributed by atoms with Crippen LogP contribution in [-0.2, 0) is 16.4 Å². The Morgan fingerprint density at radius 1 is 1.19 bits per heavy atom. The summed E-state index contributed by atoms with van der Waals surface area (Å²) < 4.78 is 27.6. The molecule has 0 spiro atoms. The standard InChI is InChI=1S/C20H16ClN3O5S2/c21-14-5-7-18(24(26)27)16(12-14)20(25)22-15-6-8-17-13(11-15)3-1-9-23(17)31(28,29)19-4-2-10-30-19/h2,4-8,10-12H,1,3,9H2,(H,22,25). The van der Waals surface area contributed by atoms with Gasteiger partial charge in [-0.1, -0.05) is 17.7 Å². The second kappa shape index (κ2) is 8.29. The van der Waals surface area contributed by atoms with Crippen molar-refractivity contribution in [3.63, 3.8) is 0 Å². The minimum atomic E-state index is -3.66. The molecule has 0 unspecified atom stereocenters. The first-order valence-corrected chi connectivity index (χ1v) is 11.9. The van der Waals surface area contributed by atoms with Crippen molar-refractivity contribution >= 4 is 55.9 Å². The zero-order valence-corrected chi connectivity index (χ0v) is 18.3. The van der Waals surface area contributed by atoms with Crippen molar-refractivity contribution in [1.82, 2.24) is 0 Å². The molecular weight excluding hydrogens is 462 g/mol. The van der Waals surface area contributed by atoms with Gasteiger partial charge in [0.05, 0.1) is 10.6 Å². The van der Waals surface area contributed by atoms with Gasteiger partial charge in [0.25, 0.3) is 21.6 Å². The van der Waals surface area contributed by atoms with Crippen LogP contribution in [0, 0.1) is 10.1 Å². The van der Waals surface area contributed by atoms with Crippen LogP contribution in [0.3, 0.4) is 0 Å². The van der Waals surface area contributed by atoms with Gasteiger partial charge in [-0.15, -0.1) is 11.3 Å². The molecule has 1 amide bonds. The molecular formula is C20H16ClN3O5S2. The number of fused-ring (bicyclic) bond motifs is 1. The summed E-state index contributed by atoms with van der Waals surface area (Å²) in [5.74, 6) is -0.673. The number of sulfonamides is 1. The monoisotopic (exact) mass is 477 g/mol. The van der Waals surface area contributed by atoms with E-state index in [1.165, 1.54) is 22.5 Å². The molecule has 0 fully saturated rings. The van der Waals surface area contributed by atoms with E-state index in [9.17, 15) is 23.3 Å². The molecule has 160 valence electrons. The van der Waals surface area contributed by atoms with E-state index in [2.05, 4.69) is 5.32 Å². The van der Waals surface area contributed by atoms with E-state index in [4.69, 9.17) is 11.6 Å². The number of halogens is 1. The number of carbonyl (C=O) groups is 1. The van der Waals surface area contributed by atoms with Crippen LogP contribution in [-0.4, -0.2) is 25.8 Å². The minimum Gasteiger partial charge on any atom is -0.322 e. The minimum absolute atomic E-state index is 0.155. The number of thiophene rings is 1. The van der Waals surface area contributed by atoms with Crippen LogP contribution in [0.5, 0.6) is 0 Å². The molecule has 0 saturated heterocycles. The van der Waals surface area contributed by atoms with Crippen LogP contribution < -0.4 is 9.62 Å². The average molecular weight is 478 g/mol. The molecule has 0 aliphatic carbocycles. The largest absolute Gasteiger partial charge is 0.322 e. The molecule has 2 aromatic carbocycles. The van der Waals surface area contributed by atoms with Gasteiger partial charge in [-0.25, -0.2) is 8.42 Å². The maximum Gasteiger partial charge on any atom is 0.282 e. The Hall–Kier alpha value is -2.95. The van der Waals surface area contributed by atoms with Crippen LogP contribution in [0.4, 0.5) is 17.1 Å². The Balaban J connectivity index is 1.63. The third kappa shape index (κ3) is 4.14. The van der Waals surface area contributed by atoms with Crippen LogP contribution >= 0.6 is 22.9 Å². The number of hydrogen-bond donors (Lipinski definition) is 1. The van der Waals surface area contributed by atoms with E-state index in [1.54, 1.807) is 35.7 Å². The predicted molar refractivity (Wildman–Crippen MR) is 120 cm³/mol. The fourth-order valence-electron chi connectivity index (χ4n) is 3.46. The number of rotatable bonds is 5. The molecule has 1 aliphatic rings. The fourth-order valence-corrected chi connectivity index (χ4v) is 6.27. The van der Waals surface area contributed by atoms with E-state index in [0.29, 0.717) is 30.8 Å². The molecule has 8 nitrogen and oxygen atoms in total. The number of benzene rings is 2. The van der Waals surface area contributed by atoms with Gasteiger partial charge in [0.1, 0.15) is 9.77 Å². The Labute approximate surface area is 187 Å². The molecule has 4 rings (SSSR count). The highest BCUT2D eigenvalue weighted by atomic mass is 35.5. The van der Waals surface area contributed by atoms with Crippen molar-refractivity contribution < 1.29 is 18.1 Å². The molecule has 0 radical (unpaired) electrons. The van der Waals surface area contributed by atoms with Gasteiger partial charge in [-0.2, -0.15) is 0 Å². The van der Waals surface area contributed by atoms with Crippen molar-refractivity contribution in [3.8, 4) is 0 Å². The molecule has 2 heterocycles. The third-order valence-electron chi connectivity index (χ3n) is 4.85. The number of nitro groups is 1. The summed E-state index contributed by atoms with van der Waals surface area (Å²) in [5, 5.41) is 15.8. The molecule has 0 bridgehead atoms. The number of nitrogens with zero attached hydrogens (tertiary/aromatic N) is 2. The van der Waals surface area contributed by atoms with E-state index >= 15 is 0 Å². The number of aryl methyl sites for hydroxylation is 1. The van der Waals surface area contributed by atoms with Crippen LogP contribution in [0.1, 0.15) is 22.3 Å². The van der Waals surface area contributed by atoms with Gasteiger partial charge in [0.15, 0.2) is 0 Å². The molecule has 0 saturated carbocycles. The SMILES string of the molecule is O=C(Nc1ccc2c(c1)CCCN2S(=O)(=O)c1cccs1)c1cc(Cl)ccc1[N+](=O)[O-]. The van der Waals surface area contributed by atoms with Crippen molar-refractivity contribution in [2.24, 2.45) is 0 Å². The van der Waals surface area contributed by atoms with E-state index in [1.807, 2.05) is 0 Å². The second-order valence-corrected chi connectivity index (χ2v) is 10.3. The Kier molecular flexibility index (Phi) is 5.69. The summed E-state index contributed by atoms with van der Waals surface area (Å²) in [6.45, 7) is 0.369. The maximum atomic E-state index is 13.0. The van der Waals surface area contributed by atoms with Gasteiger partial charge in [-0.3, -0.25) is 19.2 Å². The smallest absolute Gasteiger partial charge is 0.282 e. The highest BCUT2D eigenvalue weighted by Gasteiger charge is 2.30. The fraction of sp³-hybridized carbons (Fsp3) is 0.150. The Morgan fingerprint density at radius 3 is 2.71 bits per heavy atom. The Bertz CT molecular complexity index is 1280. The van der Waals surface area contributed by atoms with Gasteiger partial charge in [0.2, 0.25) is 0 Å². The lowest BCUT2D eigenvalue weighted by atomic mass is 10.0. The second-order valence-electron chi connectivity index (χ2n) is 6.83. The van der Waals surface area contributed by atoms with E-state index in [-0.39, 0.29) is 20.5 Å². The normalized spacial score (nSPS) is 13.5. The maximum absolute atomic E-state index is 13.0. The summed E-state index contributed by atoms with van der Waals surface area (Å²) in [7, 11) is -3.66. The van der Waals surface area contributed by atoms with Crippen molar-refractivity contribution in [1.29, 1.82) is 0 Å². The molecule has 1 aliphatic heterocycles. The summed E-state index contributed by atoms with van der Waals surface area (Å²) in [6, 6.07) is 11.9. The lowest BCUT2D eigenvalue weighted by Gasteiger charge is -2.30. The summed E-state index contributed by atoms with van der Waals surface area (Å²) in [6.07, 6.45) is 1.28.